The van der Waals surface area contributed by atoms with Crippen LogP contribution in [-0.2, 0) is 23.7 Å². The lowest BCUT2D eigenvalue weighted by atomic mass is 9.96. The topological polar surface area (TPSA) is 248 Å². The van der Waals surface area contributed by atoms with Crippen molar-refractivity contribution in [1.29, 1.82) is 0 Å². The second kappa shape index (κ2) is 10.8. The van der Waals surface area contributed by atoms with E-state index in [1.54, 1.807) is 0 Å². The van der Waals surface area contributed by atoms with E-state index in [-0.39, 0.29) is 0 Å². The molecule has 3 unspecified atom stereocenters. The van der Waals surface area contributed by atoms with Crippen molar-refractivity contribution < 1.29 is 74.7 Å². The Morgan fingerprint density at radius 1 is 0.594 bits per heavy atom. The molecule has 0 saturated carbocycles. The van der Waals surface area contributed by atoms with Gasteiger partial charge in [-0.25, -0.2) is 0 Å². The van der Waals surface area contributed by atoms with Crippen LogP contribution in [-0.4, -0.2) is 157 Å². The van der Waals surface area contributed by atoms with Gasteiger partial charge < -0.3 is 74.7 Å². The number of aliphatic hydroxyl groups is 10. The molecule has 3 rings (SSSR count). The molecule has 0 aliphatic carbocycles. The molecule has 10 N–H and O–H groups in total. The van der Waals surface area contributed by atoms with Gasteiger partial charge in [0, 0.05) is 0 Å². The van der Waals surface area contributed by atoms with Crippen LogP contribution in [0.4, 0.5) is 0 Å². The van der Waals surface area contributed by atoms with Crippen molar-refractivity contribution in [3.63, 3.8) is 0 Å². The highest BCUT2D eigenvalue weighted by atomic mass is 16.7. The summed E-state index contributed by atoms with van der Waals surface area (Å²) in [6, 6.07) is 0. The summed E-state index contributed by atoms with van der Waals surface area (Å²) in [6.45, 7) is -1.91. The van der Waals surface area contributed by atoms with Gasteiger partial charge in [0.1, 0.15) is 67.1 Å². The minimum Gasteiger partial charge on any atom is -0.394 e. The molecule has 188 valence electrons. The maximum Gasteiger partial charge on any atom is 0.187 e. The van der Waals surface area contributed by atoms with E-state index in [0.717, 1.165) is 0 Å². The van der Waals surface area contributed by atoms with Gasteiger partial charge in [0.15, 0.2) is 18.9 Å². The van der Waals surface area contributed by atoms with Gasteiger partial charge in [-0.3, -0.25) is 0 Å². The highest BCUT2D eigenvalue weighted by Gasteiger charge is 2.52. The number of hydrogen-bond donors (Lipinski definition) is 10. The minimum absolute atomic E-state index is 0.400. The van der Waals surface area contributed by atoms with Gasteiger partial charge in [-0.2, -0.15) is 0 Å². The Morgan fingerprint density at radius 2 is 1.12 bits per heavy atom. The van der Waals surface area contributed by atoms with Gasteiger partial charge in [0.25, 0.3) is 0 Å². The van der Waals surface area contributed by atoms with Gasteiger partial charge in [-0.1, -0.05) is 0 Å². The summed E-state index contributed by atoms with van der Waals surface area (Å²) < 4.78 is 26.1. The zero-order valence-electron chi connectivity index (χ0n) is 16.7. The summed E-state index contributed by atoms with van der Waals surface area (Å²) in [4.78, 5) is 0. The van der Waals surface area contributed by atoms with Crippen molar-refractivity contribution in [3.05, 3.63) is 0 Å². The molecule has 0 aromatic rings. The Hall–Kier alpha value is -0.600. The van der Waals surface area contributed by atoms with Crippen molar-refractivity contribution in [2.24, 2.45) is 0 Å². The lowest BCUT2D eigenvalue weighted by molar-refractivity contribution is -0.375. The van der Waals surface area contributed by atoms with E-state index in [1.165, 1.54) is 0 Å². The summed E-state index contributed by atoms with van der Waals surface area (Å²) in [5, 5.41) is 99.5. The van der Waals surface area contributed by atoms with Gasteiger partial charge in [-0.15, -0.1) is 0 Å². The molecule has 3 heterocycles. The van der Waals surface area contributed by atoms with E-state index in [0.29, 0.717) is 0 Å². The third-order valence-corrected chi connectivity index (χ3v) is 5.70. The largest absolute Gasteiger partial charge is 0.394 e. The molecule has 32 heavy (non-hydrogen) atoms. The van der Waals surface area contributed by atoms with Crippen molar-refractivity contribution in [2.75, 3.05) is 19.8 Å². The summed E-state index contributed by atoms with van der Waals surface area (Å²) in [5.41, 5.74) is 0. The summed E-state index contributed by atoms with van der Waals surface area (Å²) >= 11 is 0. The predicted molar refractivity (Wildman–Crippen MR) is 95.2 cm³/mol. The molecule has 0 bridgehead atoms. The van der Waals surface area contributed by atoms with Crippen LogP contribution in [0.25, 0.3) is 0 Å². The van der Waals surface area contributed by atoms with Crippen molar-refractivity contribution >= 4 is 0 Å². The van der Waals surface area contributed by atoms with Crippen molar-refractivity contribution in [1.82, 2.24) is 0 Å². The first-order valence-corrected chi connectivity index (χ1v) is 10.00. The fourth-order valence-corrected chi connectivity index (χ4v) is 3.77. The fourth-order valence-electron chi connectivity index (χ4n) is 3.77. The highest BCUT2D eigenvalue weighted by molar-refractivity contribution is 4.95. The highest BCUT2D eigenvalue weighted by Crippen LogP contribution is 2.31. The lowest BCUT2D eigenvalue weighted by Crippen LogP contribution is -2.66. The summed E-state index contributed by atoms with van der Waals surface area (Å²) in [6.07, 6.45) is -22.9. The first-order chi connectivity index (χ1) is 15.1. The van der Waals surface area contributed by atoms with E-state index < -0.39 is 106 Å². The van der Waals surface area contributed by atoms with E-state index in [9.17, 15) is 51.1 Å². The number of ether oxygens (including phenoxy) is 5. The zero-order valence-corrected chi connectivity index (χ0v) is 16.7. The SMILES string of the molecule is OC[C@H]1OC(O[C@H]2[C@@H](O)[C@@H](CO)OC(O[C@H]3[C@@H](O)COC(O)[C@@H]3O)[C@@H]2O)[C@H](O)[C@@H](O)[C@H]1O. The Labute approximate surface area is 181 Å². The van der Waals surface area contributed by atoms with E-state index in [1.807, 2.05) is 0 Å². The standard InChI is InChI=1S/C17H30O15/c18-1-5-7(21)9(23)10(24)16(29-5)32-14-8(22)6(2-19)30-17(12(14)26)31-13-4(20)3-28-15(27)11(13)25/h4-27H,1-3H2/t4-,5+,6+,7-,8-,9-,10+,11+,12+,13-,14-,15?,16?,17?/m0/s1. The third kappa shape index (κ3) is 5.07. The summed E-state index contributed by atoms with van der Waals surface area (Å²) in [5.74, 6) is 0. The monoisotopic (exact) mass is 474 g/mol. The van der Waals surface area contributed by atoms with Gasteiger partial charge in [0.2, 0.25) is 0 Å². The van der Waals surface area contributed by atoms with Crippen LogP contribution in [0.3, 0.4) is 0 Å². The van der Waals surface area contributed by atoms with Gasteiger partial charge >= 0.3 is 0 Å². The molecule has 3 saturated heterocycles. The molecule has 0 spiro atoms. The van der Waals surface area contributed by atoms with E-state index >= 15 is 0 Å². The van der Waals surface area contributed by atoms with Crippen LogP contribution < -0.4 is 0 Å². The maximum absolute atomic E-state index is 10.7. The van der Waals surface area contributed by atoms with Gasteiger partial charge in [-0.05, 0) is 0 Å². The normalized spacial score (nSPS) is 52.7. The van der Waals surface area contributed by atoms with Crippen LogP contribution >= 0.6 is 0 Å². The number of hydrogen-bond acceptors (Lipinski definition) is 15. The second-order valence-corrected chi connectivity index (χ2v) is 7.89. The molecule has 3 aliphatic rings. The van der Waals surface area contributed by atoms with Crippen LogP contribution in [0.5, 0.6) is 0 Å². The molecule has 3 fully saturated rings. The predicted octanol–water partition coefficient (Wildman–Crippen LogP) is -6.93. The van der Waals surface area contributed by atoms with Crippen LogP contribution in [0.2, 0.25) is 0 Å². The molecular formula is C17H30O15. The Bertz CT molecular complexity index is 594. The Balaban J connectivity index is 1.76. The minimum atomic E-state index is -1.85. The number of aliphatic hydroxyl groups excluding tert-OH is 10. The second-order valence-electron chi connectivity index (χ2n) is 7.89. The van der Waals surface area contributed by atoms with Crippen molar-refractivity contribution in [3.8, 4) is 0 Å². The Kier molecular flexibility index (Phi) is 8.75. The van der Waals surface area contributed by atoms with Crippen molar-refractivity contribution in [2.45, 2.75) is 86.0 Å². The van der Waals surface area contributed by atoms with E-state index in [4.69, 9.17) is 23.7 Å². The molecular weight excluding hydrogens is 444 g/mol. The summed E-state index contributed by atoms with van der Waals surface area (Å²) in [7, 11) is 0. The van der Waals surface area contributed by atoms with E-state index in [2.05, 4.69) is 0 Å². The first-order valence-electron chi connectivity index (χ1n) is 10.00. The zero-order chi connectivity index (χ0) is 23.7. The lowest BCUT2D eigenvalue weighted by Gasteiger charge is -2.47. The molecule has 15 nitrogen and oxygen atoms in total. The molecule has 3 aliphatic heterocycles. The molecule has 0 radical (unpaired) electrons. The third-order valence-electron chi connectivity index (χ3n) is 5.70. The van der Waals surface area contributed by atoms with Crippen LogP contribution in [0.15, 0.2) is 0 Å². The quantitative estimate of drug-likeness (QED) is 0.172. The van der Waals surface area contributed by atoms with Gasteiger partial charge in [0.05, 0.1) is 19.8 Å². The average molecular weight is 474 g/mol. The molecule has 0 aromatic heterocycles. The molecule has 0 aromatic carbocycles. The molecule has 0 amide bonds. The number of rotatable bonds is 6. The first kappa shape index (κ1) is 26.0. The average Bonchev–Trinajstić information content (AvgIpc) is 2.78. The Morgan fingerprint density at radius 3 is 1.72 bits per heavy atom. The van der Waals surface area contributed by atoms with Crippen LogP contribution in [0, 0.1) is 0 Å². The molecule has 15 heteroatoms. The maximum atomic E-state index is 10.7. The molecule has 14 atom stereocenters. The van der Waals surface area contributed by atoms with Crippen LogP contribution in [0.1, 0.15) is 0 Å². The fraction of sp³-hybridized carbons (Fsp3) is 1.00. The smallest absolute Gasteiger partial charge is 0.187 e.